The van der Waals surface area contributed by atoms with Gasteiger partial charge in [-0.1, -0.05) is 64.8 Å². The van der Waals surface area contributed by atoms with Gasteiger partial charge in [-0.3, -0.25) is 0 Å². The van der Waals surface area contributed by atoms with Crippen LogP contribution in [0, 0.1) is 10.8 Å². The molecule has 0 aromatic heterocycles. The third kappa shape index (κ3) is 2.41. The Balaban J connectivity index is 1.86. The Kier molecular flexibility index (Phi) is 3.44. The number of benzene rings is 1. The Morgan fingerprint density at radius 3 is 2.50 bits per heavy atom. The molecule has 0 spiro atoms. The first-order chi connectivity index (χ1) is 9.40. The second-order valence-electron chi connectivity index (χ2n) is 8.25. The van der Waals surface area contributed by atoms with E-state index in [0.29, 0.717) is 22.9 Å². The number of hydrogen-bond donors (Lipinski definition) is 1. The maximum absolute atomic E-state index is 4.05. The quantitative estimate of drug-likeness (QED) is 0.809. The van der Waals surface area contributed by atoms with E-state index >= 15 is 0 Å². The van der Waals surface area contributed by atoms with Crippen LogP contribution in [0.15, 0.2) is 24.3 Å². The highest BCUT2D eigenvalue weighted by Crippen LogP contribution is 2.47. The highest BCUT2D eigenvalue weighted by atomic mass is 15.0. The van der Waals surface area contributed by atoms with Crippen molar-refractivity contribution < 1.29 is 0 Å². The maximum atomic E-state index is 4.05. The van der Waals surface area contributed by atoms with Crippen molar-refractivity contribution in [2.24, 2.45) is 10.8 Å². The highest BCUT2D eigenvalue weighted by molar-refractivity contribution is 5.37. The van der Waals surface area contributed by atoms with Gasteiger partial charge in [0.25, 0.3) is 0 Å². The molecule has 20 heavy (non-hydrogen) atoms. The molecular weight excluding hydrogens is 242 g/mol. The first-order valence-corrected chi connectivity index (χ1v) is 8.24. The summed E-state index contributed by atoms with van der Waals surface area (Å²) in [6, 6.07) is 10.2. The standard InChI is InChI=1S/C19H29N/c1-18(2)12-8-7-11-16(18)20-17-15-10-6-5-9-14(15)13-19(17,3)4/h5-6,9-10,16-17,20H,7-8,11-13H2,1-4H3. The molecule has 0 bridgehead atoms. The van der Waals surface area contributed by atoms with Crippen LogP contribution < -0.4 is 5.32 Å². The van der Waals surface area contributed by atoms with Crippen LogP contribution in [0.1, 0.15) is 70.5 Å². The zero-order valence-electron chi connectivity index (χ0n) is 13.5. The normalized spacial score (nSPS) is 31.0. The minimum absolute atomic E-state index is 0.331. The minimum atomic E-state index is 0.331. The fraction of sp³-hybridized carbons (Fsp3) is 0.684. The van der Waals surface area contributed by atoms with Gasteiger partial charge in [-0.05, 0) is 41.2 Å². The molecule has 3 rings (SSSR count). The monoisotopic (exact) mass is 271 g/mol. The van der Waals surface area contributed by atoms with Crippen LogP contribution in [0.2, 0.25) is 0 Å². The zero-order chi connectivity index (χ0) is 14.4. The molecular formula is C19H29N. The number of rotatable bonds is 2. The smallest absolute Gasteiger partial charge is 0.0380 e. The number of fused-ring (bicyclic) bond motifs is 1. The van der Waals surface area contributed by atoms with Crippen LogP contribution in [0.25, 0.3) is 0 Å². The third-order valence-electron chi connectivity index (χ3n) is 5.67. The second-order valence-corrected chi connectivity index (χ2v) is 8.25. The first kappa shape index (κ1) is 14.1. The van der Waals surface area contributed by atoms with Gasteiger partial charge >= 0.3 is 0 Å². The number of hydrogen-bond acceptors (Lipinski definition) is 1. The van der Waals surface area contributed by atoms with Gasteiger partial charge in [0.2, 0.25) is 0 Å². The van der Waals surface area contributed by atoms with Crippen LogP contribution in [0.5, 0.6) is 0 Å². The Morgan fingerprint density at radius 1 is 1.00 bits per heavy atom. The van der Waals surface area contributed by atoms with Crippen molar-refractivity contribution in [3.05, 3.63) is 35.4 Å². The largest absolute Gasteiger partial charge is 0.306 e. The van der Waals surface area contributed by atoms with Crippen molar-refractivity contribution in [1.82, 2.24) is 5.32 Å². The summed E-state index contributed by atoms with van der Waals surface area (Å²) in [5.41, 5.74) is 3.85. The lowest BCUT2D eigenvalue weighted by atomic mass is 9.72. The molecule has 110 valence electrons. The van der Waals surface area contributed by atoms with Crippen LogP contribution in [0.3, 0.4) is 0 Å². The van der Waals surface area contributed by atoms with Crippen LogP contribution >= 0.6 is 0 Å². The van der Waals surface area contributed by atoms with Crippen LogP contribution in [-0.4, -0.2) is 6.04 Å². The molecule has 0 amide bonds. The van der Waals surface area contributed by atoms with E-state index in [1.54, 1.807) is 11.1 Å². The molecule has 2 atom stereocenters. The van der Waals surface area contributed by atoms with Crippen LogP contribution in [0.4, 0.5) is 0 Å². The zero-order valence-corrected chi connectivity index (χ0v) is 13.5. The van der Waals surface area contributed by atoms with E-state index in [4.69, 9.17) is 0 Å². The van der Waals surface area contributed by atoms with E-state index < -0.39 is 0 Å². The summed E-state index contributed by atoms with van der Waals surface area (Å²) in [6.45, 7) is 9.72. The Morgan fingerprint density at radius 2 is 1.75 bits per heavy atom. The van der Waals surface area contributed by atoms with Gasteiger partial charge in [-0.2, -0.15) is 0 Å². The Hall–Kier alpha value is -0.820. The molecule has 0 radical (unpaired) electrons. The predicted molar refractivity (Wildman–Crippen MR) is 85.8 cm³/mol. The molecule has 2 unspecified atom stereocenters. The summed E-state index contributed by atoms with van der Waals surface area (Å²) < 4.78 is 0. The molecule has 1 aromatic carbocycles. The van der Waals surface area contributed by atoms with Gasteiger partial charge in [0.15, 0.2) is 0 Å². The van der Waals surface area contributed by atoms with Gasteiger partial charge in [0, 0.05) is 12.1 Å². The summed E-state index contributed by atoms with van der Waals surface area (Å²) in [4.78, 5) is 0. The Bertz CT molecular complexity index is 486. The topological polar surface area (TPSA) is 12.0 Å². The Labute approximate surface area is 124 Å². The van der Waals surface area contributed by atoms with Crippen molar-refractivity contribution in [3.63, 3.8) is 0 Å². The van der Waals surface area contributed by atoms with E-state index in [1.165, 1.54) is 32.1 Å². The minimum Gasteiger partial charge on any atom is -0.306 e. The van der Waals surface area contributed by atoms with Crippen molar-refractivity contribution in [3.8, 4) is 0 Å². The summed E-state index contributed by atoms with van der Waals surface area (Å²) in [7, 11) is 0. The van der Waals surface area contributed by atoms with Gasteiger partial charge < -0.3 is 5.32 Å². The van der Waals surface area contributed by atoms with Crippen molar-refractivity contribution >= 4 is 0 Å². The van der Waals surface area contributed by atoms with Crippen molar-refractivity contribution in [2.75, 3.05) is 0 Å². The van der Waals surface area contributed by atoms with Crippen molar-refractivity contribution in [2.45, 2.75) is 71.9 Å². The third-order valence-corrected chi connectivity index (χ3v) is 5.67. The van der Waals surface area contributed by atoms with E-state index in [9.17, 15) is 0 Å². The first-order valence-electron chi connectivity index (χ1n) is 8.24. The highest BCUT2D eigenvalue weighted by Gasteiger charge is 2.42. The molecule has 2 aliphatic rings. The summed E-state index contributed by atoms with van der Waals surface area (Å²) >= 11 is 0. The van der Waals surface area contributed by atoms with E-state index in [0.717, 1.165) is 0 Å². The second kappa shape index (κ2) is 4.87. The molecule has 1 fully saturated rings. The molecule has 0 saturated heterocycles. The van der Waals surface area contributed by atoms with E-state index in [1.807, 2.05) is 0 Å². The molecule has 0 heterocycles. The SMILES string of the molecule is CC1(C)CCCCC1NC1c2ccccc2CC1(C)C. The predicted octanol–water partition coefficient (Wildman–Crippen LogP) is 4.87. The maximum Gasteiger partial charge on any atom is 0.0380 e. The molecule has 1 heteroatoms. The fourth-order valence-electron chi connectivity index (χ4n) is 4.31. The summed E-state index contributed by atoms with van der Waals surface area (Å²) in [5, 5.41) is 4.05. The molecule has 1 saturated carbocycles. The van der Waals surface area contributed by atoms with Gasteiger partial charge in [-0.25, -0.2) is 0 Å². The van der Waals surface area contributed by atoms with Gasteiger partial charge in [0.05, 0.1) is 0 Å². The average molecular weight is 271 g/mol. The molecule has 1 nitrogen and oxygen atoms in total. The number of nitrogens with one attached hydrogen (secondary N) is 1. The van der Waals surface area contributed by atoms with Gasteiger partial charge in [-0.15, -0.1) is 0 Å². The van der Waals surface area contributed by atoms with E-state index in [2.05, 4.69) is 57.3 Å². The van der Waals surface area contributed by atoms with E-state index in [-0.39, 0.29) is 0 Å². The molecule has 2 aliphatic carbocycles. The summed E-state index contributed by atoms with van der Waals surface area (Å²) in [6.07, 6.45) is 6.68. The average Bonchev–Trinajstić information content (AvgIpc) is 2.62. The van der Waals surface area contributed by atoms with Gasteiger partial charge in [0.1, 0.15) is 0 Å². The lowest BCUT2D eigenvalue weighted by Gasteiger charge is -2.43. The lowest BCUT2D eigenvalue weighted by molar-refractivity contribution is 0.127. The van der Waals surface area contributed by atoms with Crippen molar-refractivity contribution in [1.29, 1.82) is 0 Å². The fourth-order valence-corrected chi connectivity index (χ4v) is 4.31. The molecule has 0 aliphatic heterocycles. The van der Waals surface area contributed by atoms with Crippen LogP contribution in [-0.2, 0) is 6.42 Å². The molecule has 1 aromatic rings. The summed E-state index contributed by atoms with van der Waals surface area (Å²) in [5.74, 6) is 0. The molecule has 1 N–H and O–H groups in total. The lowest BCUT2D eigenvalue weighted by Crippen LogP contribution is -2.48.